The first-order valence-corrected chi connectivity index (χ1v) is 11.6. The lowest BCUT2D eigenvalue weighted by molar-refractivity contribution is 0.277. The molecule has 1 saturated carbocycles. The zero-order valence-corrected chi connectivity index (χ0v) is 18.3. The number of nitrogens with one attached hydrogen (secondary N) is 3. The summed E-state index contributed by atoms with van der Waals surface area (Å²) in [6.45, 7) is 6.07. The van der Waals surface area contributed by atoms with Crippen molar-refractivity contribution < 1.29 is 4.39 Å². The summed E-state index contributed by atoms with van der Waals surface area (Å²) in [4.78, 5) is 16.1. The van der Waals surface area contributed by atoms with Gasteiger partial charge in [0.05, 0.1) is 0 Å². The van der Waals surface area contributed by atoms with Crippen LogP contribution in [0.15, 0.2) is 18.2 Å². The molecule has 1 radical (unpaired) electrons. The highest BCUT2D eigenvalue weighted by Crippen LogP contribution is 2.24. The Morgan fingerprint density at radius 1 is 1.00 bits per heavy atom. The number of anilines is 4. The van der Waals surface area contributed by atoms with Crippen molar-refractivity contribution in [3.8, 4) is 0 Å². The molecule has 4 rings (SSSR count). The second-order valence-corrected chi connectivity index (χ2v) is 8.55. The average Bonchev–Trinajstić information content (AvgIpc) is 3.25. The normalized spacial score (nSPS) is 20.0. The van der Waals surface area contributed by atoms with Crippen LogP contribution in [0.3, 0.4) is 0 Å². The Hall–Kier alpha value is -2.48. The molecule has 3 N–H and O–H groups in total. The second-order valence-electron chi connectivity index (χ2n) is 8.55. The van der Waals surface area contributed by atoms with Crippen LogP contribution in [0.2, 0.25) is 0 Å². The minimum absolute atomic E-state index is 0.396. The number of hydrogen-bond donors (Lipinski definition) is 3. The molecule has 1 aromatic carbocycles. The number of aromatic nitrogens is 3. The number of hydrogen-bond acceptors (Lipinski definition) is 7. The molecule has 0 spiro atoms. The van der Waals surface area contributed by atoms with Crippen LogP contribution in [0.5, 0.6) is 0 Å². The number of halogens is 1. The molecule has 2 heterocycles. The van der Waals surface area contributed by atoms with Crippen molar-refractivity contribution in [1.82, 2.24) is 19.9 Å². The Morgan fingerprint density at radius 2 is 1.74 bits per heavy atom. The van der Waals surface area contributed by atoms with E-state index in [1.54, 1.807) is 12.1 Å². The van der Waals surface area contributed by atoms with Gasteiger partial charge in [0, 0.05) is 30.9 Å². The largest absolute Gasteiger partial charge is 0.354 e. The highest BCUT2D eigenvalue weighted by molar-refractivity contribution is 5.55. The molecule has 31 heavy (non-hydrogen) atoms. The molecule has 1 atom stereocenters. The first-order valence-electron chi connectivity index (χ1n) is 11.6. The number of likely N-dealkylation sites (tertiary alicyclic amines) is 1. The van der Waals surface area contributed by atoms with Crippen LogP contribution in [0, 0.1) is 17.8 Å². The molecule has 1 aliphatic carbocycles. The van der Waals surface area contributed by atoms with Crippen LogP contribution < -0.4 is 16.0 Å². The Labute approximate surface area is 184 Å². The summed E-state index contributed by atoms with van der Waals surface area (Å²) in [6, 6.07) is 7.67. The van der Waals surface area contributed by atoms with Gasteiger partial charge in [0.1, 0.15) is 5.82 Å². The third-order valence-corrected chi connectivity index (χ3v) is 6.33. The molecular formula is C23H33FN7. The van der Waals surface area contributed by atoms with E-state index in [9.17, 15) is 4.39 Å². The summed E-state index contributed by atoms with van der Waals surface area (Å²) in [5, 5.41) is 9.91. The van der Waals surface area contributed by atoms with Crippen LogP contribution in [-0.2, 0) is 0 Å². The van der Waals surface area contributed by atoms with Crippen LogP contribution in [0.1, 0.15) is 51.9 Å². The van der Waals surface area contributed by atoms with Crippen molar-refractivity contribution in [1.29, 1.82) is 0 Å². The van der Waals surface area contributed by atoms with Crippen molar-refractivity contribution >= 4 is 23.5 Å². The molecule has 8 heteroatoms. The molecular weight excluding hydrogens is 393 g/mol. The molecule has 1 unspecified atom stereocenters. The van der Waals surface area contributed by atoms with Crippen LogP contribution >= 0.6 is 0 Å². The van der Waals surface area contributed by atoms with Crippen LogP contribution in [0.25, 0.3) is 0 Å². The van der Waals surface area contributed by atoms with Gasteiger partial charge in [0.15, 0.2) is 0 Å². The Kier molecular flexibility index (Phi) is 7.51. The SMILES string of the molecule is CCN1CCCC1CNc1nc(NCC2CCCCC2)nc(Nc2cc[c]c(F)c2)n1. The van der Waals surface area contributed by atoms with Crippen molar-refractivity contribution in [2.24, 2.45) is 5.92 Å². The zero-order valence-electron chi connectivity index (χ0n) is 18.3. The molecule has 2 aromatic rings. The van der Waals surface area contributed by atoms with Crippen molar-refractivity contribution in [3.63, 3.8) is 0 Å². The molecule has 1 aliphatic heterocycles. The summed E-state index contributed by atoms with van der Waals surface area (Å²) >= 11 is 0. The maximum Gasteiger partial charge on any atom is 0.233 e. The first kappa shape index (κ1) is 21.7. The molecule has 2 aliphatic rings. The van der Waals surface area contributed by atoms with E-state index >= 15 is 0 Å². The fraction of sp³-hybridized carbons (Fsp3) is 0.609. The number of nitrogens with zero attached hydrogens (tertiary/aromatic N) is 4. The first-order chi connectivity index (χ1) is 15.2. The molecule has 1 aromatic heterocycles. The van der Waals surface area contributed by atoms with Gasteiger partial charge in [-0.15, -0.1) is 0 Å². The minimum Gasteiger partial charge on any atom is -0.354 e. The van der Waals surface area contributed by atoms with E-state index in [1.807, 2.05) is 0 Å². The molecule has 0 amide bonds. The Balaban J connectivity index is 1.46. The Bertz CT molecular complexity index is 840. The van der Waals surface area contributed by atoms with Gasteiger partial charge >= 0.3 is 0 Å². The van der Waals surface area contributed by atoms with Crippen LogP contribution in [0.4, 0.5) is 27.9 Å². The van der Waals surface area contributed by atoms with Crippen LogP contribution in [-0.4, -0.2) is 52.1 Å². The van der Waals surface area contributed by atoms with Gasteiger partial charge in [0.25, 0.3) is 0 Å². The quantitative estimate of drug-likeness (QED) is 0.547. The molecule has 167 valence electrons. The standard InChI is InChI=1S/C23H33FN7/c1-2-31-13-7-12-20(31)16-26-22-28-21(25-15-17-8-4-3-5-9-17)29-23(30-22)27-19-11-6-10-18(24)14-19/h6,11,14,17,20H,2-5,7-9,12-13,15-16H2,1H3,(H3,25,26,27,28,29,30). The van der Waals surface area contributed by atoms with Crippen molar-refractivity contribution in [2.45, 2.75) is 57.9 Å². The van der Waals surface area contributed by atoms with Gasteiger partial charge in [-0.25, -0.2) is 4.39 Å². The predicted octanol–water partition coefficient (Wildman–Crippen LogP) is 4.44. The average molecular weight is 427 g/mol. The molecule has 0 bridgehead atoms. The number of rotatable bonds is 9. The van der Waals surface area contributed by atoms with Gasteiger partial charge < -0.3 is 16.0 Å². The monoisotopic (exact) mass is 426 g/mol. The minimum atomic E-state index is -0.422. The summed E-state index contributed by atoms with van der Waals surface area (Å²) in [7, 11) is 0. The van der Waals surface area contributed by atoms with E-state index in [1.165, 1.54) is 51.0 Å². The van der Waals surface area contributed by atoms with E-state index in [4.69, 9.17) is 0 Å². The third-order valence-electron chi connectivity index (χ3n) is 6.33. The highest BCUT2D eigenvalue weighted by atomic mass is 19.1. The van der Waals surface area contributed by atoms with E-state index < -0.39 is 5.82 Å². The highest BCUT2D eigenvalue weighted by Gasteiger charge is 2.23. The fourth-order valence-electron chi connectivity index (χ4n) is 4.61. The topological polar surface area (TPSA) is 78.0 Å². The number of likely N-dealkylation sites (N-methyl/N-ethyl adjacent to an activating group) is 1. The van der Waals surface area contributed by atoms with Gasteiger partial charge in [-0.2, -0.15) is 15.0 Å². The lowest BCUT2D eigenvalue weighted by Gasteiger charge is -2.23. The van der Waals surface area contributed by atoms with Crippen molar-refractivity contribution in [3.05, 3.63) is 30.1 Å². The van der Waals surface area contributed by atoms with Gasteiger partial charge in [-0.1, -0.05) is 26.2 Å². The van der Waals surface area contributed by atoms with E-state index in [-0.39, 0.29) is 0 Å². The number of benzene rings is 1. The lowest BCUT2D eigenvalue weighted by atomic mass is 9.89. The molecule has 1 saturated heterocycles. The summed E-state index contributed by atoms with van der Waals surface area (Å²) in [6.07, 6.45) is 8.86. The smallest absolute Gasteiger partial charge is 0.233 e. The maximum atomic E-state index is 13.5. The molecule has 2 fully saturated rings. The van der Waals surface area contributed by atoms with Gasteiger partial charge in [-0.3, -0.25) is 4.90 Å². The summed E-state index contributed by atoms with van der Waals surface area (Å²) < 4.78 is 13.5. The van der Waals surface area contributed by atoms with E-state index in [0.29, 0.717) is 35.5 Å². The summed E-state index contributed by atoms with van der Waals surface area (Å²) in [5.41, 5.74) is 0.583. The van der Waals surface area contributed by atoms with E-state index in [2.05, 4.69) is 48.8 Å². The van der Waals surface area contributed by atoms with Gasteiger partial charge in [0.2, 0.25) is 17.8 Å². The summed E-state index contributed by atoms with van der Waals surface area (Å²) in [5.74, 6) is 1.72. The van der Waals surface area contributed by atoms with Crippen molar-refractivity contribution in [2.75, 3.05) is 42.1 Å². The maximum absolute atomic E-state index is 13.5. The third kappa shape index (κ3) is 6.26. The lowest BCUT2D eigenvalue weighted by Crippen LogP contribution is -2.35. The predicted molar refractivity (Wildman–Crippen MR) is 122 cm³/mol. The van der Waals surface area contributed by atoms with E-state index in [0.717, 1.165) is 26.2 Å². The zero-order chi connectivity index (χ0) is 21.5. The fourth-order valence-corrected chi connectivity index (χ4v) is 4.61. The Morgan fingerprint density at radius 3 is 2.48 bits per heavy atom. The second kappa shape index (κ2) is 10.7. The van der Waals surface area contributed by atoms with Gasteiger partial charge in [-0.05, 0) is 62.9 Å². The molecule has 7 nitrogen and oxygen atoms in total.